The molecular formula is C11H21NO. The maximum absolute atomic E-state index is 9.41. The third-order valence-corrected chi connectivity index (χ3v) is 3.56. The summed E-state index contributed by atoms with van der Waals surface area (Å²) in [6.07, 6.45) is 7.11. The fourth-order valence-corrected chi connectivity index (χ4v) is 2.15. The fraction of sp³-hybridized carbons (Fsp3) is 1.00. The molecule has 0 aliphatic heterocycles. The highest BCUT2D eigenvalue weighted by Gasteiger charge is 2.32. The van der Waals surface area contributed by atoms with E-state index in [1.165, 1.54) is 25.7 Å². The molecule has 0 aromatic heterocycles. The SMILES string of the molecule is CC1(CNC2CC2)CCC(O)CC1. The summed E-state index contributed by atoms with van der Waals surface area (Å²) in [5.41, 5.74) is 0.460. The van der Waals surface area contributed by atoms with Gasteiger partial charge in [-0.25, -0.2) is 0 Å². The van der Waals surface area contributed by atoms with Gasteiger partial charge in [-0.1, -0.05) is 6.92 Å². The minimum absolute atomic E-state index is 0.0194. The highest BCUT2D eigenvalue weighted by atomic mass is 16.3. The van der Waals surface area contributed by atoms with E-state index in [1.54, 1.807) is 0 Å². The first-order valence-corrected chi connectivity index (χ1v) is 5.59. The molecule has 0 amide bonds. The van der Waals surface area contributed by atoms with E-state index < -0.39 is 0 Å². The molecule has 2 N–H and O–H groups in total. The van der Waals surface area contributed by atoms with Crippen LogP contribution in [0.3, 0.4) is 0 Å². The Hall–Kier alpha value is -0.0800. The number of aliphatic hydroxyl groups excluding tert-OH is 1. The summed E-state index contributed by atoms with van der Waals surface area (Å²) in [6.45, 7) is 3.51. The molecule has 2 fully saturated rings. The van der Waals surface area contributed by atoms with Gasteiger partial charge < -0.3 is 10.4 Å². The van der Waals surface area contributed by atoms with Crippen molar-refractivity contribution in [2.75, 3.05) is 6.54 Å². The molecule has 2 heteroatoms. The van der Waals surface area contributed by atoms with Crippen LogP contribution in [-0.4, -0.2) is 23.8 Å². The molecule has 2 rings (SSSR count). The van der Waals surface area contributed by atoms with Crippen LogP contribution in [0.4, 0.5) is 0 Å². The van der Waals surface area contributed by atoms with Gasteiger partial charge in [-0.05, 0) is 43.9 Å². The van der Waals surface area contributed by atoms with Crippen molar-refractivity contribution in [3.63, 3.8) is 0 Å². The molecule has 2 nitrogen and oxygen atoms in total. The van der Waals surface area contributed by atoms with Gasteiger partial charge in [0.15, 0.2) is 0 Å². The van der Waals surface area contributed by atoms with Crippen molar-refractivity contribution >= 4 is 0 Å². The molecule has 13 heavy (non-hydrogen) atoms. The molecule has 0 heterocycles. The van der Waals surface area contributed by atoms with E-state index in [2.05, 4.69) is 12.2 Å². The lowest BCUT2D eigenvalue weighted by Gasteiger charge is -2.36. The lowest BCUT2D eigenvalue weighted by atomic mass is 9.74. The van der Waals surface area contributed by atoms with Crippen LogP contribution in [0.2, 0.25) is 0 Å². The zero-order valence-electron chi connectivity index (χ0n) is 8.55. The number of nitrogens with one attached hydrogen (secondary N) is 1. The van der Waals surface area contributed by atoms with Crippen LogP contribution in [0.5, 0.6) is 0 Å². The lowest BCUT2D eigenvalue weighted by Crippen LogP contribution is -2.37. The van der Waals surface area contributed by atoms with Crippen molar-refractivity contribution in [3.05, 3.63) is 0 Å². The summed E-state index contributed by atoms with van der Waals surface area (Å²) in [5, 5.41) is 13.0. The van der Waals surface area contributed by atoms with E-state index in [4.69, 9.17) is 0 Å². The predicted molar refractivity (Wildman–Crippen MR) is 53.6 cm³/mol. The Bertz CT molecular complexity index is 169. The van der Waals surface area contributed by atoms with Crippen molar-refractivity contribution in [2.45, 2.75) is 57.6 Å². The van der Waals surface area contributed by atoms with E-state index in [0.717, 1.165) is 25.4 Å². The number of rotatable bonds is 3. The van der Waals surface area contributed by atoms with Gasteiger partial charge in [0.2, 0.25) is 0 Å². The Morgan fingerprint density at radius 2 is 1.85 bits per heavy atom. The van der Waals surface area contributed by atoms with Gasteiger partial charge in [-0.3, -0.25) is 0 Å². The quantitative estimate of drug-likeness (QED) is 0.697. The summed E-state index contributed by atoms with van der Waals surface area (Å²) in [5.74, 6) is 0. The lowest BCUT2D eigenvalue weighted by molar-refractivity contribution is 0.0711. The van der Waals surface area contributed by atoms with Gasteiger partial charge in [0.25, 0.3) is 0 Å². The Labute approximate surface area is 80.7 Å². The molecular weight excluding hydrogens is 162 g/mol. The topological polar surface area (TPSA) is 32.3 Å². The van der Waals surface area contributed by atoms with Crippen molar-refractivity contribution in [2.24, 2.45) is 5.41 Å². The monoisotopic (exact) mass is 183 g/mol. The van der Waals surface area contributed by atoms with Crippen LogP contribution in [0.1, 0.15) is 45.4 Å². The van der Waals surface area contributed by atoms with E-state index in [-0.39, 0.29) is 6.10 Å². The molecule has 76 valence electrons. The van der Waals surface area contributed by atoms with Crippen LogP contribution in [0, 0.1) is 5.41 Å². The highest BCUT2D eigenvalue weighted by molar-refractivity contribution is 4.88. The molecule has 0 unspecified atom stereocenters. The zero-order chi connectivity index (χ0) is 9.31. The second kappa shape index (κ2) is 3.58. The molecule has 2 saturated carbocycles. The molecule has 0 spiro atoms. The summed E-state index contributed by atoms with van der Waals surface area (Å²) < 4.78 is 0. The Balaban J connectivity index is 1.74. The predicted octanol–water partition coefficient (Wildman–Crippen LogP) is 1.68. The van der Waals surface area contributed by atoms with Gasteiger partial charge in [-0.15, -0.1) is 0 Å². The van der Waals surface area contributed by atoms with Crippen molar-refractivity contribution in [1.82, 2.24) is 5.32 Å². The van der Waals surface area contributed by atoms with Crippen LogP contribution in [-0.2, 0) is 0 Å². The van der Waals surface area contributed by atoms with Crippen LogP contribution >= 0.6 is 0 Å². The minimum Gasteiger partial charge on any atom is -0.393 e. The van der Waals surface area contributed by atoms with Gasteiger partial charge >= 0.3 is 0 Å². The zero-order valence-corrected chi connectivity index (χ0v) is 8.55. The average Bonchev–Trinajstić information content (AvgIpc) is 2.91. The fourth-order valence-electron chi connectivity index (χ4n) is 2.15. The summed E-state index contributed by atoms with van der Waals surface area (Å²) in [6, 6.07) is 0.823. The highest BCUT2D eigenvalue weighted by Crippen LogP contribution is 2.36. The summed E-state index contributed by atoms with van der Waals surface area (Å²) in [7, 11) is 0. The maximum Gasteiger partial charge on any atom is 0.0540 e. The van der Waals surface area contributed by atoms with Crippen LogP contribution < -0.4 is 5.32 Å². The Morgan fingerprint density at radius 3 is 2.38 bits per heavy atom. The first kappa shape index (κ1) is 9.47. The van der Waals surface area contributed by atoms with Crippen LogP contribution in [0.15, 0.2) is 0 Å². The number of hydrogen-bond acceptors (Lipinski definition) is 2. The third-order valence-electron chi connectivity index (χ3n) is 3.56. The first-order chi connectivity index (χ1) is 6.18. The molecule has 0 radical (unpaired) electrons. The van der Waals surface area contributed by atoms with Gasteiger partial charge in [-0.2, -0.15) is 0 Å². The van der Waals surface area contributed by atoms with E-state index >= 15 is 0 Å². The largest absolute Gasteiger partial charge is 0.393 e. The molecule has 0 atom stereocenters. The van der Waals surface area contributed by atoms with Gasteiger partial charge in [0.1, 0.15) is 0 Å². The number of aliphatic hydroxyl groups is 1. The summed E-state index contributed by atoms with van der Waals surface area (Å²) >= 11 is 0. The Kier molecular flexibility index (Phi) is 2.61. The third kappa shape index (κ3) is 2.68. The molecule has 0 aromatic rings. The van der Waals surface area contributed by atoms with E-state index in [0.29, 0.717) is 5.41 Å². The van der Waals surface area contributed by atoms with Gasteiger partial charge in [0, 0.05) is 12.6 Å². The molecule has 0 aromatic carbocycles. The standard InChI is InChI=1S/C11H21NO/c1-11(8-12-9-2-3-9)6-4-10(13)5-7-11/h9-10,12-13H,2-8H2,1H3. The first-order valence-electron chi connectivity index (χ1n) is 5.59. The second-order valence-corrected chi connectivity index (χ2v) is 5.20. The Morgan fingerprint density at radius 1 is 1.23 bits per heavy atom. The van der Waals surface area contributed by atoms with Crippen molar-refractivity contribution in [3.8, 4) is 0 Å². The van der Waals surface area contributed by atoms with E-state index in [1.807, 2.05) is 0 Å². The maximum atomic E-state index is 9.41. The minimum atomic E-state index is -0.0194. The number of hydrogen-bond donors (Lipinski definition) is 2. The smallest absolute Gasteiger partial charge is 0.0540 e. The molecule has 0 bridgehead atoms. The summed E-state index contributed by atoms with van der Waals surface area (Å²) in [4.78, 5) is 0. The van der Waals surface area contributed by atoms with Crippen LogP contribution in [0.25, 0.3) is 0 Å². The van der Waals surface area contributed by atoms with Crippen molar-refractivity contribution < 1.29 is 5.11 Å². The van der Waals surface area contributed by atoms with E-state index in [9.17, 15) is 5.11 Å². The average molecular weight is 183 g/mol. The van der Waals surface area contributed by atoms with Gasteiger partial charge in [0.05, 0.1) is 6.10 Å². The molecule has 2 aliphatic carbocycles. The second-order valence-electron chi connectivity index (χ2n) is 5.20. The normalized spacial score (nSPS) is 40.6. The molecule has 2 aliphatic rings. The van der Waals surface area contributed by atoms with Crippen molar-refractivity contribution in [1.29, 1.82) is 0 Å². The molecule has 0 saturated heterocycles.